The van der Waals surface area contributed by atoms with Gasteiger partial charge in [0.05, 0.1) is 5.92 Å². The van der Waals surface area contributed by atoms with Crippen molar-refractivity contribution in [2.45, 2.75) is 24.5 Å². The summed E-state index contributed by atoms with van der Waals surface area (Å²) < 4.78 is 0.672. The van der Waals surface area contributed by atoms with Crippen molar-refractivity contribution in [3.05, 3.63) is 0 Å². The maximum Gasteiger partial charge on any atom is 0.323 e. The number of carboxylic acids is 1. The van der Waals surface area contributed by atoms with Crippen molar-refractivity contribution in [1.29, 1.82) is 0 Å². The van der Waals surface area contributed by atoms with Gasteiger partial charge < -0.3 is 15.7 Å². The summed E-state index contributed by atoms with van der Waals surface area (Å²) in [5, 5.41) is 12.6. The van der Waals surface area contributed by atoms with Gasteiger partial charge >= 0.3 is 5.97 Å². The van der Waals surface area contributed by atoms with Crippen molar-refractivity contribution in [3.8, 4) is 0 Å². The summed E-state index contributed by atoms with van der Waals surface area (Å²) in [5.41, 5.74) is 4.55. The van der Waals surface area contributed by atoms with E-state index in [2.05, 4.69) is 21.1 Å². The topological polar surface area (TPSA) is 84.9 Å². The van der Waals surface area contributed by atoms with Crippen molar-refractivity contribution in [1.82, 2.24) is 0 Å². The quantitative estimate of drug-likeness (QED) is 0.699. The highest BCUT2D eigenvalue weighted by molar-refractivity contribution is 9.18. The minimum atomic E-state index is -1.15. The Balaban J connectivity index is 2.19. The van der Waals surface area contributed by atoms with Crippen LogP contribution in [0.15, 0.2) is 5.16 Å². The summed E-state index contributed by atoms with van der Waals surface area (Å²) in [5.74, 6) is -0.952. The fourth-order valence-corrected chi connectivity index (χ4v) is 2.36. The van der Waals surface area contributed by atoms with Gasteiger partial charge in [0.2, 0.25) is 0 Å². The summed E-state index contributed by atoms with van der Waals surface area (Å²) in [6, 6.07) is 0. The molecule has 2 aliphatic rings. The third-order valence-electron chi connectivity index (χ3n) is 2.61. The molecule has 0 aromatic rings. The number of nitrogens with two attached hydrogens (primary N) is 1. The number of halogens is 1. The Morgan fingerprint density at radius 3 is 3.00 bits per heavy atom. The van der Waals surface area contributed by atoms with E-state index >= 15 is 0 Å². The van der Waals surface area contributed by atoms with Gasteiger partial charge in [-0.25, -0.2) is 0 Å². The molecule has 0 aromatic carbocycles. The first-order valence-corrected chi connectivity index (χ1v) is 4.74. The Labute approximate surface area is 83.0 Å². The molecular weight excluding hydrogens is 240 g/mol. The molecule has 1 heterocycles. The van der Waals surface area contributed by atoms with Crippen LogP contribution < -0.4 is 5.73 Å². The summed E-state index contributed by atoms with van der Waals surface area (Å²) >= 11 is 3.22. The van der Waals surface area contributed by atoms with Gasteiger partial charge in [-0.3, -0.25) is 4.79 Å². The van der Waals surface area contributed by atoms with E-state index in [1.165, 1.54) is 0 Å². The van der Waals surface area contributed by atoms with Gasteiger partial charge in [0.15, 0.2) is 0 Å². The van der Waals surface area contributed by atoms with Crippen LogP contribution in [0, 0.1) is 5.92 Å². The van der Waals surface area contributed by atoms with Crippen LogP contribution >= 0.6 is 15.9 Å². The summed E-state index contributed by atoms with van der Waals surface area (Å²) in [7, 11) is 0. The maximum atomic E-state index is 10.8. The highest BCUT2D eigenvalue weighted by Gasteiger charge is 2.53. The first-order valence-electron chi connectivity index (χ1n) is 3.94. The van der Waals surface area contributed by atoms with E-state index in [-0.39, 0.29) is 12.0 Å². The average molecular weight is 249 g/mol. The minimum Gasteiger partial charge on any atom is -0.480 e. The number of carbonyl (C=O) groups is 1. The van der Waals surface area contributed by atoms with Gasteiger partial charge in [0.25, 0.3) is 0 Å². The lowest BCUT2D eigenvalue weighted by Crippen LogP contribution is -2.46. The minimum absolute atomic E-state index is 0.0149. The predicted molar refractivity (Wildman–Crippen MR) is 48.5 cm³/mol. The molecule has 6 heteroatoms. The molecule has 0 amide bonds. The first kappa shape index (κ1) is 8.96. The summed E-state index contributed by atoms with van der Waals surface area (Å²) in [6.45, 7) is 0. The number of oxime groups is 1. The van der Waals surface area contributed by atoms with Gasteiger partial charge in [0.1, 0.15) is 16.3 Å². The van der Waals surface area contributed by atoms with Crippen molar-refractivity contribution >= 4 is 26.5 Å². The second-order valence-corrected chi connectivity index (χ2v) is 4.35. The number of carboxylic acid groups (broad SMARTS) is 1. The average Bonchev–Trinajstić information content (AvgIpc) is 2.52. The van der Waals surface area contributed by atoms with Gasteiger partial charge in [-0.05, 0) is 22.4 Å². The van der Waals surface area contributed by atoms with Crippen LogP contribution in [-0.2, 0) is 9.63 Å². The van der Waals surface area contributed by atoms with Gasteiger partial charge in [-0.2, -0.15) is 0 Å². The first-order chi connectivity index (χ1) is 6.03. The van der Waals surface area contributed by atoms with Crippen molar-refractivity contribution in [2.75, 3.05) is 0 Å². The SMILES string of the molecule is N[C@]1(C(=O)O)C[C@@H]2C(Br)=NO[C@@H]2C1. The molecule has 0 radical (unpaired) electrons. The molecule has 0 saturated heterocycles. The third kappa shape index (κ3) is 1.24. The van der Waals surface area contributed by atoms with E-state index in [4.69, 9.17) is 15.7 Å². The lowest BCUT2D eigenvalue weighted by atomic mass is 9.98. The van der Waals surface area contributed by atoms with Gasteiger partial charge in [-0.1, -0.05) is 5.16 Å². The second kappa shape index (κ2) is 2.68. The molecular formula is C7H9BrN2O3. The molecule has 13 heavy (non-hydrogen) atoms. The number of fused-ring (bicyclic) bond motifs is 1. The lowest BCUT2D eigenvalue weighted by molar-refractivity contribution is -0.143. The van der Waals surface area contributed by atoms with Gasteiger partial charge in [0, 0.05) is 6.42 Å². The molecule has 2 rings (SSSR count). The molecule has 0 aromatic heterocycles. The van der Waals surface area contributed by atoms with Crippen LogP contribution in [0.1, 0.15) is 12.8 Å². The molecule has 72 valence electrons. The van der Waals surface area contributed by atoms with E-state index in [0.717, 1.165) is 0 Å². The number of nitrogens with zero attached hydrogens (tertiary/aromatic N) is 1. The fraction of sp³-hybridized carbons (Fsp3) is 0.714. The van der Waals surface area contributed by atoms with E-state index in [9.17, 15) is 4.79 Å². The monoisotopic (exact) mass is 248 g/mol. The molecule has 1 aliphatic heterocycles. The zero-order chi connectivity index (χ0) is 9.64. The Hall–Kier alpha value is -0.620. The molecule has 0 spiro atoms. The molecule has 3 N–H and O–H groups in total. The third-order valence-corrected chi connectivity index (χ3v) is 3.34. The van der Waals surface area contributed by atoms with E-state index in [0.29, 0.717) is 17.5 Å². The fourth-order valence-electron chi connectivity index (χ4n) is 1.82. The Bertz CT molecular complexity index is 293. The van der Waals surface area contributed by atoms with E-state index in [1.807, 2.05) is 0 Å². The normalized spacial score (nSPS) is 42.5. The van der Waals surface area contributed by atoms with Crippen molar-refractivity contribution in [2.24, 2.45) is 16.8 Å². The second-order valence-electron chi connectivity index (χ2n) is 3.53. The van der Waals surface area contributed by atoms with Gasteiger partial charge in [-0.15, -0.1) is 0 Å². The van der Waals surface area contributed by atoms with E-state index < -0.39 is 11.5 Å². The molecule has 0 bridgehead atoms. The zero-order valence-electron chi connectivity index (χ0n) is 6.74. The highest BCUT2D eigenvalue weighted by atomic mass is 79.9. The molecule has 3 atom stereocenters. The van der Waals surface area contributed by atoms with Crippen molar-refractivity contribution < 1.29 is 14.7 Å². The molecule has 1 aliphatic carbocycles. The van der Waals surface area contributed by atoms with Crippen LogP contribution in [0.3, 0.4) is 0 Å². The molecule has 1 fully saturated rings. The molecule has 5 nitrogen and oxygen atoms in total. The number of hydrogen-bond donors (Lipinski definition) is 2. The van der Waals surface area contributed by atoms with E-state index in [1.54, 1.807) is 0 Å². The molecule has 0 unspecified atom stereocenters. The summed E-state index contributed by atoms with van der Waals surface area (Å²) in [4.78, 5) is 15.9. The zero-order valence-corrected chi connectivity index (χ0v) is 8.32. The number of aliphatic carboxylic acids is 1. The standard InChI is InChI=1S/C7H9BrN2O3/c8-5-3-1-7(9,6(11)12)2-4(3)13-10-5/h3-4H,1-2,9H2,(H,11,12)/t3-,4+,7+/m0/s1. The molecule has 1 saturated carbocycles. The van der Waals surface area contributed by atoms with Crippen LogP contribution in [0.4, 0.5) is 0 Å². The summed E-state index contributed by atoms with van der Waals surface area (Å²) in [6.07, 6.45) is 0.540. The predicted octanol–water partition coefficient (Wildman–Crippen LogP) is 0.286. The highest BCUT2D eigenvalue weighted by Crippen LogP contribution is 2.40. The van der Waals surface area contributed by atoms with Crippen LogP contribution in [-0.4, -0.2) is 27.3 Å². The van der Waals surface area contributed by atoms with Crippen molar-refractivity contribution in [3.63, 3.8) is 0 Å². The largest absolute Gasteiger partial charge is 0.480 e. The Morgan fingerprint density at radius 2 is 2.46 bits per heavy atom. The smallest absolute Gasteiger partial charge is 0.323 e. The Kier molecular flexibility index (Phi) is 1.85. The van der Waals surface area contributed by atoms with Crippen LogP contribution in [0.2, 0.25) is 0 Å². The lowest BCUT2D eigenvalue weighted by Gasteiger charge is -2.17. The Morgan fingerprint density at radius 1 is 1.77 bits per heavy atom. The van der Waals surface area contributed by atoms with Crippen LogP contribution in [0.25, 0.3) is 0 Å². The number of rotatable bonds is 1. The van der Waals surface area contributed by atoms with Crippen LogP contribution in [0.5, 0.6) is 0 Å². The maximum absolute atomic E-state index is 10.8. The number of hydrogen-bond acceptors (Lipinski definition) is 4.